The zero-order valence-corrected chi connectivity index (χ0v) is 20.4. The number of benzene rings is 2. The van der Waals surface area contributed by atoms with Crippen molar-refractivity contribution in [1.29, 1.82) is 0 Å². The van der Waals surface area contributed by atoms with E-state index < -0.39 is 21.8 Å². The smallest absolute Gasteiger partial charge is 0.367 e. The molecule has 1 saturated heterocycles. The second-order valence-electron chi connectivity index (χ2n) is 8.96. The molecule has 0 spiro atoms. The van der Waals surface area contributed by atoms with E-state index >= 15 is 0 Å². The van der Waals surface area contributed by atoms with E-state index in [1.807, 2.05) is 18.2 Å². The summed E-state index contributed by atoms with van der Waals surface area (Å²) in [6.07, 6.45) is -2.66. The Morgan fingerprint density at radius 2 is 1.68 bits per heavy atom. The molecule has 0 radical (unpaired) electrons. The highest BCUT2D eigenvalue weighted by atomic mass is 32.2. The first kappa shape index (κ1) is 25.0. The molecular formula is C25H24F3N5O3S. The van der Waals surface area contributed by atoms with Crippen LogP contribution in [0.4, 0.5) is 29.5 Å². The third-order valence-electron chi connectivity index (χ3n) is 6.52. The third-order valence-corrected chi connectivity index (χ3v) is 8.43. The summed E-state index contributed by atoms with van der Waals surface area (Å²) in [5.74, 6) is 0.324. The molecule has 0 unspecified atom stereocenters. The van der Waals surface area contributed by atoms with Crippen LogP contribution in [-0.2, 0) is 22.7 Å². The number of amides is 2. The topological polar surface area (TPSA) is 103 Å². The molecule has 2 aliphatic heterocycles. The summed E-state index contributed by atoms with van der Waals surface area (Å²) >= 11 is 0. The lowest BCUT2D eigenvalue weighted by Crippen LogP contribution is -2.42. The molecule has 3 aromatic rings. The predicted molar refractivity (Wildman–Crippen MR) is 132 cm³/mol. The normalized spacial score (nSPS) is 17.0. The molecule has 5 rings (SSSR count). The molecule has 1 aromatic heterocycles. The lowest BCUT2D eigenvalue weighted by atomic mass is 10.0. The maximum atomic E-state index is 13.2. The van der Waals surface area contributed by atoms with Gasteiger partial charge in [0, 0.05) is 37.6 Å². The van der Waals surface area contributed by atoms with E-state index in [9.17, 15) is 26.4 Å². The second kappa shape index (κ2) is 9.67. The standard InChI is InChI=1S/C25H24F3N5O3S/c26-25(27,28)19-4-8-23(29-15-19)31-20-9-11-33(12-10-20)37(35,36)21-5-1-16(2-6-21)17-3-7-22-18(13-17)14-30-24(34)32-22/h1-8,13,15,20H,9-12,14H2,(H,29,31)(H2,30,32,34). The van der Waals surface area contributed by atoms with E-state index in [0.717, 1.165) is 34.6 Å². The molecule has 2 aliphatic rings. The van der Waals surface area contributed by atoms with Crippen LogP contribution in [0, 0.1) is 0 Å². The predicted octanol–water partition coefficient (Wildman–Crippen LogP) is 4.67. The zero-order valence-electron chi connectivity index (χ0n) is 19.5. The second-order valence-corrected chi connectivity index (χ2v) is 10.9. The first-order valence-electron chi connectivity index (χ1n) is 11.7. The molecular weight excluding hydrogens is 507 g/mol. The molecule has 0 aliphatic carbocycles. The molecule has 194 valence electrons. The Morgan fingerprint density at radius 1 is 0.973 bits per heavy atom. The van der Waals surface area contributed by atoms with Gasteiger partial charge in [0.1, 0.15) is 5.82 Å². The van der Waals surface area contributed by atoms with Crippen molar-refractivity contribution >= 4 is 27.6 Å². The van der Waals surface area contributed by atoms with Crippen LogP contribution in [0.1, 0.15) is 24.0 Å². The fourth-order valence-electron chi connectivity index (χ4n) is 4.45. The summed E-state index contributed by atoms with van der Waals surface area (Å²) in [4.78, 5) is 15.5. The zero-order chi connectivity index (χ0) is 26.2. The van der Waals surface area contributed by atoms with Gasteiger partial charge >= 0.3 is 12.2 Å². The van der Waals surface area contributed by atoms with Gasteiger partial charge in [-0.1, -0.05) is 18.2 Å². The first-order chi connectivity index (χ1) is 17.6. The summed E-state index contributed by atoms with van der Waals surface area (Å²) in [6.45, 7) is 0.985. The summed E-state index contributed by atoms with van der Waals surface area (Å²) in [7, 11) is -3.69. The minimum atomic E-state index is -4.44. The summed E-state index contributed by atoms with van der Waals surface area (Å²) in [5, 5.41) is 8.56. The van der Waals surface area contributed by atoms with Crippen molar-refractivity contribution < 1.29 is 26.4 Å². The van der Waals surface area contributed by atoms with Gasteiger partial charge in [0.25, 0.3) is 0 Å². The van der Waals surface area contributed by atoms with E-state index in [1.165, 1.54) is 10.4 Å². The van der Waals surface area contributed by atoms with Crippen LogP contribution < -0.4 is 16.0 Å². The van der Waals surface area contributed by atoms with Crippen molar-refractivity contribution in [3.8, 4) is 11.1 Å². The number of fused-ring (bicyclic) bond motifs is 1. The first-order valence-corrected chi connectivity index (χ1v) is 13.1. The summed E-state index contributed by atoms with van der Waals surface area (Å²) in [6, 6.07) is 14.2. The number of carbonyl (C=O) groups is 1. The minimum absolute atomic E-state index is 0.0960. The number of nitrogens with zero attached hydrogens (tertiary/aromatic N) is 2. The van der Waals surface area contributed by atoms with Crippen molar-refractivity contribution in [2.24, 2.45) is 0 Å². The molecule has 12 heteroatoms. The van der Waals surface area contributed by atoms with Crippen molar-refractivity contribution in [2.75, 3.05) is 23.7 Å². The van der Waals surface area contributed by atoms with Gasteiger partial charge in [-0.3, -0.25) is 0 Å². The van der Waals surface area contributed by atoms with Gasteiger partial charge in [-0.15, -0.1) is 0 Å². The number of alkyl halides is 3. The Bertz CT molecular complexity index is 1400. The number of rotatable bonds is 5. The van der Waals surface area contributed by atoms with Gasteiger partial charge in [0.2, 0.25) is 10.0 Å². The molecule has 1 fully saturated rings. The third kappa shape index (κ3) is 5.39. The van der Waals surface area contributed by atoms with Crippen molar-refractivity contribution in [3.05, 3.63) is 71.9 Å². The van der Waals surface area contributed by atoms with Gasteiger partial charge in [-0.05, 0) is 65.9 Å². The number of nitrogens with one attached hydrogen (secondary N) is 3. The molecule has 37 heavy (non-hydrogen) atoms. The summed E-state index contributed by atoms with van der Waals surface area (Å²) in [5.41, 5.74) is 2.63. The molecule has 0 bridgehead atoms. The SMILES string of the molecule is O=C1NCc2cc(-c3ccc(S(=O)(=O)N4CCC(Nc5ccc(C(F)(F)F)cn5)CC4)cc3)ccc2N1. The number of pyridine rings is 1. The van der Waals surface area contributed by atoms with Gasteiger partial charge in [0.05, 0.1) is 10.5 Å². The van der Waals surface area contributed by atoms with Crippen LogP contribution in [0.15, 0.2) is 65.7 Å². The lowest BCUT2D eigenvalue weighted by Gasteiger charge is -2.32. The van der Waals surface area contributed by atoms with Crippen LogP contribution in [0.25, 0.3) is 11.1 Å². The Labute approximate surface area is 212 Å². The van der Waals surface area contributed by atoms with Crippen LogP contribution >= 0.6 is 0 Å². The Morgan fingerprint density at radius 3 is 2.32 bits per heavy atom. The van der Waals surface area contributed by atoms with E-state index in [0.29, 0.717) is 25.2 Å². The molecule has 2 amide bonds. The van der Waals surface area contributed by atoms with Gasteiger partial charge in [-0.2, -0.15) is 17.5 Å². The minimum Gasteiger partial charge on any atom is -0.367 e. The van der Waals surface area contributed by atoms with Crippen LogP contribution in [0.5, 0.6) is 0 Å². The molecule has 8 nitrogen and oxygen atoms in total. The van der Waals surface area contributed by atoms with Crippen molar-refractivity contribution in [1.82, 2.24) is 14.6 Å². The number of hydrogen-bond acceptors (Lipinski definition) is 5. The average molecular weight is 532 g/mol. The summed E-state index contributed by atoms with van der Waals surface area (Å²) < 4.78 is 66.0. The van der Waals surface area contributed by atoms with E-state index in [4.69, 9.17) is 0 Å². The molecule has 3 heterocycles. The fraction of sp³-hybridized carbons (Fsp3) is 0.280. The Kier molecular flexibility index (Phi) is 6.54. The van der Waals surface area contributed by atoms with Crippen LogP contribution in [0.3, 0.4) is 0 Å². The number of urea groups is 1. The number of carbonyl (C=O) groups excluding carboxylic acids is 1. The quantitative estimate of drug-likeness (QED) is 0.444. The number of halogens is 3. The molecule has 0 saturated carbocycles. The number of hydrogen-bond donors (Lipinski definition) is 3. The highest BCUT2D eigenvalue weighted by Gasteiger charge is 2.32. The Hall–Kier alpha value is -3.64. The number of aromatic nitrogens is 1. The maximum absolute atomic E-state index is 13.2. The largest absolute Gasteiger partial charge is 0.417 e. The Balaban J connectivity index is 1.21. The van der Waals surface area contributed by atoms with E-state index in [2.05, 4.69) is 20.9 Å². The van der Waals surface area contributed by atoms with E-state index in [1.54, 1.807) is 24.3 Å². The van der Waals surface area contributed by atoms with Gasteiger partial charge in [-0.25, -0.2) is 18.2 Å². The van der Waals surface area contributed by atoms with Crippen LogP contribution in [0.2, 0.25) is 0 Å². The maximum Gasteiger partial charge on any atom is 0.417 e. The van der Waals surface area contributed by atoms with Crippen molar-refractivity contribution in [3.63, 3.8) is 0 Å². The van der Waals surface area contributed by atoms with Crippen LogP contribution in [-0.4, -0.2) is 42.9 Å². The molecule has 3 N–H and O–H groups in total. The highest BCUT2D eigenvalue weighted by Crippen LogP contribution is 2.30. The van der Waals surface area contributed by atoms with Crippen molar-refractivity contribution in [2.45, 2.75) is 36.5 Å². The molecule has 2 aromatic carbocycles. The monoisotopic (exact) mass is 531 g/mol. The van der Waals surface area contributed by atoms with E-state index in [-0.39, 0.29) is 30.1 Å². The number of anilines is 2. The van der Waals surface area contributed by atoms with Gasteiger partial charge < -0.3 is 16.0 Å². The highest BCUT2D eigenvalue weighted by molar-refractivity contribution is 7.89. The van der Waals surface area contributed by atoms with Gasteiger partial charge in [0.15, 0.2) is 0 Å². The number of sulfonamides is 1. The lowest BCUT2D eigenvalue weighted by molar-refractivity contribution is -0.137. The fourth-order valence-corrected chi connectivity index (χ4v) is 5.92. The molecule has 0 atom stereocenters. The number of piperidine rings is 1. The average Bonchev–Trinajstić information content (AvgIpc) is 2.88.